The van der Waals surface area contributed by atoms with Gasteiger partial charge in [-0.1, -0.05) is 5.16 Å². The number of carbonyl (C=O) groups excluding carboxylic acids is 1. The van der Waals surface area contributed by atoms with Gasteiger partial charge in [0, 0.05) is 37.0 Å². The Kier molecular flexibility index (Phi) is 3.06. The van der Waals surface area contributed by atoms with E-state index in [-0.39, 0.29) is 5.91 Å². The van der Waals surface area contributed by atoms with Crippen LogP contribution >= 0.6 is 0 Å². The van der Waals surface area contributed by atoms with E-state index in [1.54, 1.807) is 19.2 Å². The zero-order valence-electron chi connectivity index (χ0n) is 10.8. The first-order valence-corrected chi connectivity index (χ1v) is 6.46. The van der Waals surface area contributed by atoms with Crippen molar-refractivity contribution in [2.24, 2.45) is 0 Å². The van der Waals surface area contributed by atoms with E-state index in [2.05, 4.69) is 15.4 Å². The molecule has 100 valence electrons. The van der Waals surface area contributed by atoms with Crippen LogP contribution in [-0.2, 0) is 0 Å². The maximum Gasteiger partial charge on any atom is 0.276 e. The molecule has 1 N–H and O–H groups in total. The van der Waals surface area contributed by atoms with Gasteiger partial charge in [0.2, 0.25) is 0 Å². The minimum atomic E-state index is -0.0546. The smallest absolute Gasteiger partial charge is 0.276 e. The second kappa shape index (κ2) is 4.87. The standard InChI is InChI=1S/C13H16N4O2/c1-9-7-12(16-19-9)13(18)17-6-2-3-10(8-17)11-4-5-14-15-11/h4-5,7,10H,2-3,6,8H2,1H3,(H,14,15). The van der Waals surface area contributed by atoms with Crippen LogP contribution in [0.5, 0.6) is 0 Å². The fraction of sp³-hybridized carbons (Fsp3) is 0.462. The van der Waals surface area contributed by atoms with Crippen molar-refractivity contribution in [3.8, 4) is 0 Å². The molecule has 1 fully saturated rings. The average Bonchev–Trinajstić information content (AvgIpc) is 3.09. The van der Waals surface area contributed by atoms with Gasteiger partial charge >= 0.3 is 0 Å². The van der Waals surface area contributed by atoms with Gasteiger partial charge in [-0.15, -0.1) is 0 Å². The molecule has 1 amide bonds. The van der Waals surface area contributed by atoms with Crippen LogP contribution in [0.15, 0.2) is 22.9 Å². The van der Waals surface area contributed by atoms with Crippen molar-refractivity contribution in [2.45, 2.75) is 25.7 Å². The quantitative estimate of drug-likeness (QED) is 0.892. The molecule has 1 unspecified atom stereocenters. The monoisotopic (exact) mass is 260 g/mol. The average molecular weight is 260 g/mol. The van der Waals surface area contributed by atoms with Crippen molar-refractivity contribution in [3.63, 3.8) is 0 Å². The summed E-state index contributed by atoms with van der Waals surface area (Å²) >= 11 is 0. The van der Waals surface area contributed by atoms with Crippen LogP contribution in [0.25, 0.3) is 0 Å². The summed E-state index contributed by atoms with van der Waals surface area (Å²) in [5, 5.41) is 10.8. The highest BCUT2D eigenvalue weighted by Crippen LogP contribution is 2.26. The Morgan fingerprint density at radius 3 is 3.16 bits per heavy atom. The Balaban J connectivity index is 1.73. The molecular weight excluding hydrogens is 244 g/mol. The van der Waals surface area contributed by atoms with E-state index in [1.807, 2.05) is 11.0 Å². The van der Waals surface area contributed by atoms with Gasteiger partial charge in [-0.05, 0) is 25.8 Å². The Hall–Kier alpha value is -2.11. The van der Waals surface area contributed by atoms with Crippen LogP contribution in [0.3, 0.4) is 0 Å². The first-order valence-electron chi connectivity index (χ1n) is 6.46. The van der Waals surface area contributed by atoms with Crippen molar-refractivity contribution < 1.29 is 9.32 Å². The molecule has 0 radical (unpaired) electrons. The number of hydrogen-bond donors (Lipinski definition) is 1. The predicted octanol–water partition coefficient (Wildman–Crippen LogP) is 1.73. The maximum atomic E-state index is 12.3. The molecule has 6 heteroatoms. The number of likely N-dealkylation sites (tertiary alicyclic amines) is 1. The van der Waals surface area contributed by atoms with Gasteiger partial charge < -0.3 is 9.42 Å². The van der Waals surface area contributed by atoms with Crippen LogP contribution in [0.1, 0.15) is 40.7 Å². The summed E-state index contributed by atoms with van der Waals surface area (Å²) in [6.07, 6.45) is 3.81. The van der Waals surface area contributed by atoms with E-state index >= 15 is 0 Å². The SMILES string of the molecule is Cc1cc(C(=O)N2CCCC(c3ccn[nH]3)C2)no1. The Labute approximate surface area is 110 Å². The lowest BCUT2D eigenvalue weighted by Gasteiger charge is -2.31. The van der Waals surface area contributed by atoms with Crippen molar-refractivity contribution >= 4 is 5.91 Å². The topological polar surface area (TPSA) is 75.0 Å². The predicted molar refractivity (Wildman–Crippen MR) is 67.7 cm³/mol. The molecule has 1 atom stereocenters. The summed E-state index contributed by atoms with van der Waals surface area (Å²) < 4.78 is 4.96. The number of aromatic nitrogens is 3. The number of nitrogens with zero attached hydrogens (tertiary/aromatic N) is 3. The molecule has 0 aromatic carbocycles. The molecule has 1 saturated heterocycles. The fourth-order valence-electron chi connectivity index (χ4n) is 2.54. The lowest BCUT2D eigenvalue weighted by molar-refractivity contribution is 0.0695. The summed E-state index contributed by atoms with van der Waals surface area (Å²) in [5.74, 6) is 0.930. The zero-order valence-corrected chi connectivity index (χ0v) is 10.8. The molecule has 19 heavy (non-hydrogen) atoms. The maximum absolute atomic E-state index is 12.3. The molecule has 0 aliphatic carbocycles. The molecule has 3 rings (SSSR count). The van der Waals surface area contributed by atoms with Crippen molar-refractivity contribution in [2.75, 3.05) is 13.1 Å². The van der Waals surface area contributed by atoms with E-state index in [1.165, 1.54) is 0 Å². The second-order valence-corrected chi connectivity index (χ2v) is 4.93. The van der Waals surface area contributed by atoms with Crippen LogP contribution in [0, 0.1) is 6.92 Å². The number of rotatable bonds is 2. The van der Waals surface area contributed by atoms with Crippen molar-refractivity contribution in [1.82, 2.24) is 20.3 Å². The van der Waals surface area contributed by atoms with Crippen LogP contribution in [-0.4, -0.2) is 39.3 Å². The summed E-state index contributed by atoms with van der Waals surface area (Å²) in [7, 11) is 0. The summed E-state index contributed by atoms with van der Waals surface area (Å²) in [6, 6.07) is 3.65. The number of piperidine rings is 1. The normalized spacial score (nSPS) is 19.6. The largest absolute Gasteiger partial charge is 0.361 e. The van der Waals surface area contributed by atoms with Crippen LogP contribution in [0.4, 0.5) is 0 Å². The molecular formula is C13H16N4O2. The lowest BCUT2D eigenvalue weighted by atomic mass is 9.95. The van der Waals surface area contributed by atoms with E-state index in [9.17, 15) is 4.79 Å². The van der Waals surface area contributed by atoms with Gasteiger partial charge in [0.1, 0.15) is 5.76 Å². The number of aromatic amines is 1. The van der Waals surface area contributed by atoms with Crippen LogP contribution < -0.4 is 0 Å². The number of hydrogen-bond acceptors (Lipinski definition) is 4. The molecule has 2 aromatic rings. The Morgan fingerprint density at radius 2 is 2.47 bits per heavy atom. The summed E-state index contributed by atoms with van der Waals surface area (Å²) in [4.78, 5) is 14.1. The third-order valence-corrected chi connectivity index (χ3v) is 3.52. The van der Waals surface area contributed by atoms with Crippen molar-refractivity contribution in [3.05, 3.63) is 35.5 Å². The van der Waals surface area contributed by atoms with Crippen LogP contribution in [0.2, 0.25) is 0 Å². The van der Waals surface area contributed by atoms with Gasteiger partial charge in [0.25, 0.3) is 5.91 Å². The molecule has 6 nitrogen and oxygen atoms in total. The third kappa shape index (κ3) is 2.38. The highest BCUT2D eigenvalue weighted by molar-refractivity contribution is 5.92. The third-order valence-electron chi connectivity index (χ3n) is 3.52. The van der Waals surface area contributed by atoms with Gasteiger partial charge in [0.05, 0.1) is 0 Å². The Bertz CT molecular complexity index is 561. The summed E-state index contributed by atoms with van der Waals surface area (Å²) in [5.41, 5.74) is 1.48. The number of carbonyl (C=O) groups is 1. The summed E-state index contributed by atoms with van der Waals surface area (Å²) in [6.45, 7) is 3.26. The highest BCUT2D eigenvalue weighted by atomic mass is 16.5. The van der Waals surface area contributed by atoms with Gasteiger partial charge in [-0.3, -0.25) is 9.89 Å². The zero-order chi connectivity index (χ0) is 13.2. The highest BCUT2D eigenvalue weighted by Gasteiger charge is 2.27. The van der Waals surface area contributed by atoms with E-state index in [0.717, 1.165) is 25.1 Å². The molecule has 1 aliphatic rings. The first kappa shape index (κ1) is 12.0. The van der Waals surface area contributed by atoms with Crippen molar-refractivity contribution in [1.29, 1.82) is 0 Å². The first-order chi connectivity index (χ1) is 9.24. The molecule has 1 aliphatic heterocycles. The molecule has 0 saturated carbocycles. The lowest BCUT2D eigenvalue weighted by Crippen LogP contribution is -2.39. The molecule has 2 aromatic heterocycles. The van der Waals surface area contributed by atoms with E-state index < -0.39 is 0 Å². The number of aryl methyl sites for hydroxylation is 1. The van der Waals surface area contributed by atoms with Gasteiger partial charge in [-0.2, -0.15) is 5.10 Å². The minimum absolute atomic E-state index is 0.0546. The van der Waals surface area contributed by atoms with E-state index in [0.29, 0.717) is 23.9 Å². The number of nitrogens with one attached hydrogen (secondary N) is 1. The van der Waals surface area contributed by atoms with Gasteiger partial charge in [0.15, 0.2) is 5.69 Å². The molecule has 3 heterocycles. The minimum Gasteiger partial charge on any atom is -0.361 e. The van der Waals surface area contributed by atoms with E-state index in [4.69, 9.17) is 4.52 Å². The number of amides is 1. The second-order valence-electron chi connectivity index (χ2n) is 4.93. The fourth-order valence-corrected chi connectivity index (χ4v) is 2.54. The van der Waals surface area contributed by atoms with Gasteiger partial charge in [-0.25, -0.2) is 0 Å². The number of H-pyrrole nitrogens is 1. The Morgan fingerprint density at radius 1 is 1.58 bits per heavy atom. The molecule has 0 bridgehead atoms. The molecule has 0 spiro atoms.